The minimum atomic E-state index is -4.33. The van der Waals surface area contributed by atoms with Crippen molar-refractivity contribution in [2.75, 3.05) is 32.8 Å². The summed E-state index contributed by atoms with van der Waals surface area (Å²) in [5, 5.41) is 2.30. The summed E-state index contributed by atoms with van der Waals surface area (Å²) in [5.41, 5.74) is 0. The minimum Gasteiger partial charge on any atom is -0.378 e. The summed E-state index contributed by atoms with van der Waals surface area (Å²) >= 11 is 0. The van der Waals surface area contributed by atoms with Gasteiger partial charge in [-0.1, -0.05) is 13.8 Å². The number of nitrogens with zero attached hydrogens (tertiary/aromatic N) is 1. The highest BCUT2D eigenvalue weighted by Crippen LogP contribution is 2.25. The van der Waals surface area contributed by atoms with Crippen molar-refractivity contribution in [3.8, 4) is 0 Å². The second kappa shape index (κ2) is 6.38. The zero-order valence-electron chi connectivity index (χ0n) is 10.6. The molecule has 4 nitrogen and oxygen atoms in total. The van der Waals surface area contributed by atoms with Gasteiger partial charge in [0.25, 0.3) is 0 Å². The van der Waals surface area contributed by atoms with Gasteiger partial charge in [0.15, 0.2) is 0 Å². The number of carbonyl (C=O) groups is 1. The van der Waals surface area contributed by atoms with Crippen LogP contribution in [0.15, 0.2) is 0 Å². The third-order valence-electron chi connectivity index (χ3n) is 2.86. The molecule has 1 aliphatic rings. The lowest BCUT2D eigenvalue weighted by Gasteiger charge is -2.29. The molecular formula is C11H19F3N2O2. The summed E-state index contributed by atoms with van der Waals surface area (Å²) in [6.45, 7) is 4.44. The molecule has 1 N–H and O–H groups in total. The summed E-state index contributed by atoms with van der Waals surface area (Å²) in [6.07, 6.45) is -4.33. The molecule has 18 heavy (non-hydrogen) atoms. The zero-order chi connectivity index (χ0) is 13.8. The third-order valence-corrected chi connectivity index (χ3v) is 2.86. The van der Waals surface area contributed by atoms with Gasteiger partial charge in [-0.25, -0.2) is 0 Å². The fourth-order valence-corrected chi connectivity index (χ4v) is 1.85. The van der Waals surface area contributed by atoms with Gasteiger partial charge in [0.1, 0.15) is 6.04 Å². The molecule has 0 aromatic carbocycles. The Balaban J connectivity index is 2.44. The van der Waals surface area contributed by atoms with Gasteiger partial charge < -0.3 is 9.64 Å². The number of carbonyl (C=O) groups excluding carboxylic acids is 1. The smallest absolute Gasteiger partial charge is 0.378 e. The number of amides is 1. The van der Waals surface area contributed by atoms with Crippen LogP contribution in [0.4, 0.5) is 13.2 Å². The van der Waals surface area contributed by atoms with E-state index in [-0.39, 0.29) is 12.5 Å². The summed E-state index contributed by atoms with van der Waals surface area (Å²) in [4.78, 5) is 13.2. The van der Waals surface area contributed by atoms with Crippen molar-refractivity contribution >= 4 is 5.91 Å². The molecule has 7 heteroatoms. The van der Waals surface area contributed by atoms with Gasteiger partial charge in [-0.3, -0.25) is 10.1 Å². The van der Waals surface area contributed by atoms with E-state index in [0.717, 1.165) is 0 Å². The van der Waals surface area contributed by atoms with Crippen LogP contribution in [0, 0.1) is 5.92 Å². The van der Waals surface area contributed by atoms with E-state index in [1.807, 2.05) is 0 Å². The third kappa shape index (κ3) is 4.45. The Hall–Kier alpha value is -0.820. The van der Waals surface area contributed by atoms with Crippen LogP contribution in [-0.4, -0.2) is 55.9 Å². The van der Waals surface area contributed by atoms with E-state index in [1.54, 1.807) is 0 Å². The molecule has 1 amide bonds. The Morgan fingerprint density at radius 3 is 2.33 bits per heavy atom. The van der Waals surface area contributed by atoms with Crippen LogP contribution in [-0.2, 0) is 9.53 Å². The molecule has 0 saturated carbocycles. The first-order chi connectivity index (χ1) is 8.32. The molecule has 0 aliphatic carbocycles. The van der Waals surface area contributed by atoms with Crippen LogP contribution in [0.5, 0.6) is 0 Å². The standard InChI is InChI=1S/C11H19F3N2O2/c1-8(2)10(11(12,13)14)15-7-9(17)16-3-5-18-6-4-16/h8,10,15H,3-7H2,1-2H3/t10-/m0/s1. The van der Waals surface area contributed by atoms with Crippen molar-refractivity contribution in [2.45, 2.75) is 26.1 Å². The normalized spacial score (nSPS) is 19.1. The predicted octanol–water partition coefficient (Wildman–Crippen LogP) is 1.02. The summed E-state index contributed by atoms with van der Waals surface area (Å²) in [6, 6.07) is -1.65. The van der Waals surface area contributed by atoms with E-state index >= 15 is 0 Å². The maximum atomic E-state index is 12.7. The number of hydrogen-bond donors (Lipinski definition) is 1. The molecule has 0 radical (unpaired) electrons. The predicted molar refractivity (Wildman–Crippen MR) is 60.1 cm³/mol. The molecule has 0 aromatic heterocycles. The second-order valence-electron chi connectivity index (χ2n) is 4.64. The number of ether oxygens (including phenoxy) is 1. The highest BCUT2D eigenvalue weighted by atomic mass is 19.4. The van der Waals surface area contributed by atoms with E-state index < -0.39 is 18.1 Å². The van der Waals surface area contributed by atoms with Crippen molar-refractivity contribution in [2.24, 2.45) is 5.92 Å². The van der Waals surface area contributed by atoms with E-state index in [4.69, 9.17) is 4.74 Å². The van der Waals surface area contributed by atoms with Crippen LogP contribution < -0.4 is 5.32 Å². The number of halogens is 3. The summed E-state index contributed by atoms with van der Waals surface area (Å²) < 4.78 is 43.0. The highest BCUT2D eigenvalue weighted by molar-refractivity contribution is 5.78. The summed E-state index contributed by atoms with van der Waals surface area (Å²) in [7, 11) is 0. The van der Waals surface area contributed by atoms with E-state index in [0.29, 0.717) is 26.3 Å². The Morgan fingerprint density at radius 1 is 1.33 bits per heavy atom. The summed E-state index contributed by atoms with van der Waals surface area (Å²) in [5.74, 6) is -0.921. The van der Waals surface area contributed by atoms with Gasteiger partial charge in [-0.05, 0) is 5.92 Å². The molecule has 1 atom stereocenters. The SMILES string of the molecule is CC(C)[C@H](NCC(=O)N1CCOCC1)C(F)(F)F. The maximum Gasteiger partial charge on any atom is 0.404 e. The molecule has 1 saturated heterocycles. The molecule has 1 rings (SSSR count). The van der Waals surface area contributed by atoms with Gasteiger partial charge in [0, 0.05) is 13.1 Å². The van der Waals surface area contributed by atoms with Crippen LogP contribution in [0.2, 0.25) is 0 Å². The zero-order valence-corrected chi connectivity index (χ0v) is 10.6. The molecule has 1 aliphatic heterocycles. The molecule has 0 spiro atoms. The van der Waals surface area contributed by atoms with Gasteiger partial charge >= 0.3 is 6.18 Å². The largest absolute Gasteiger partial charge is 0.404 e. The van der Waals surface area contributed by atoms with Gasteiger partial charge in [0.2, 0.25) is 5.91 Å². The molecule has 106 valence electrons. The Kier molecular flexibility index (Phi) is 5.40. The monoisotopic (exact) mass is 268 g/mol. The van der Waals surface area contributed by atoms with Crippen LogP contribution in [0.3, 0.4) is 0 Å². The second-order valence-corrected chi connectivity index (χ2v) is 4.64. The number of hydrogen-bond acceptors (Lipinski definition) is 3. The van der Waals surface area contributed by atoms with Crippen molar-refractivity contribution in [3.63, 3.8) is 0 Å². The number of rotatable bonds is 4. The molecule has 0 unspecified atom stereocenters. The van der Waals surface area contributed by atoms with Gasteiger partial charge in [-0.15, -0.1) is 0 Å². The minimum absolute atomic E-state index is 0.289. The van der Waals surface area contributed by atoms with Crippen LogP contribution >= 0.6 is 0 Å². The Labute approximate surface area is 104 Å². The molecule has 1 heterocycles. The van der Waals surface area contributed by atoms with E-state index in [1.165, 1.54) is 18.7 Å². The number of alkyl halides is 3. The lowest BCUT2D eigenvalue weighted by atomic mass is 10.0. The van der Waals surface area contributed by atoms with Crippen molar-refractivity contribution in [1.29, 1.82) is 0 Å². The van der Waals surface area contributed by atoms with Crippen molar-refractivity contribution in [3.05, 3.63) is 0 Å². The van der Waals surface area contributed by atoms with E-state index in [2.05, 4.69) is 5.32 Å². The van der Waals surface area contributed by atoms with Crippen molar-refractivity contribution in [1.82, 2.24) is 10.2 Å². The topological polar surface area (TPSA) is 41.6 Å². The van der Waals surface area contributed by atoms with E-state index in [9.17, 15) is 18.0 Å². The van der Waals surface area contributed by atoms with Crippen LogP contribution in [0.25, 0.3) is 0 Å². The van der Waals surface area contributed by atoms with Crippen LogP contribution in [0.1, 0.15) is 13.8 Å². The Morgan fingerprint density at radius 2 is 1.89 bits per heavy atom. The number of nitrogens with one attached hydrogen (secondary N) is 1. The first-order valence-electron chi connectivity index (χ1n) is 5.98. The van der Waals surface area contributed by atoms with Gasteiger partial charge in [0.05, 0.1) is 19.8 Å². The first-order valence-corrected chi connectivity index (χ1v) is 5.98. The van der Waals surface area contributed by atoms with Gasteiger partial charge in [-0.2, -0.15) is 13.2 Å². The molecule has 1 fully saturated rings. The quantitative estimate of drug-likeness (QED) is 0.827. The fourth-order valence-electron chi connectivity index (χ4n) is 1.85. The average Bonchev–Trinajstić information content (AvgIpc) is 2.28. The highest BCUT2D eigenvalue weighted by Gasteiger charge is 2.41. The molecular weight excluding hydrogens is 249 g/mol. The lowest BCUT2D eigenvalue weighted by Crippen LogP contribution is -2.51. The maximum absolute atomic E-state index is 12.7. The lowest BCUT2D eigenvalue weighted by molar-refractivity contribution is -0.166. The average molecular weight is 268 g/mol. The molecule has 0 bridgehead atoms. The Bertz CT molecular complexity index is 276. The fraction of sp³-hybridized carbons (Fsp3) is 0.909. The van der Waals surface area contributed by atoms with Crippen molar-refractivity contribution < 1.29 is 22.7 Å². The number of morpholine rings is 1. The molecule has 0 aromatic rings. The first kappa shape index (κ1) is 15.2.